The molecule has 3 nitrogen and oxygen atoms in total. The number of nitrogens with zero attached hydrogens (tertiary/aromatic N) is 2. The SMILES string of the molecule is CC(NCCCn1cnc2ccccc21)c1ccccc1. The summed E-state index contributed by atoms with van der Waals surface area (Å²) in [6.45, 7) is 4.21. The van der Waals surface area contributed by atoms with Gasteiger partial charge in [0, 0.05) is 12.6 Å². The van der Waals surface area contributed by atoms with Gasteiger partial charge >= 0.3 is 0 Å². The van der Waals surface area contributed by atoms with Crippen molar-refractivity contribution in [2.45, 2.75) is 25.9 Å². The Morgan fingerprint density at radius 2 is 1.81 bits per heavy atom. The highest BCUT2D eigenvalue weighted by Gasteiger charge is 2.04. The molecule has 0 aliphatic carbocycles. The second kappa shape index (κ2) is 6.55. The normalized spacial score (nSPS) is 12.6. The molecule has 1 heterocycles. The number of fused-ring (bicyclic) bond motifs is 1. The number of para-hydroxylation sites is 2. The summed E-state index contributed by atoms with van der Waals surface area (Å²) < 4.78 is 2.23. The average molecular weight is 279 g/mol. The van der Waals surface area contributed by atoms with Crippen LogP contribution in [0.25, 0.3) is 11.0 Å². The molecule has 0 spiro atoms. The molecule has 0 saturated heterocycles. The van der Waals surface area contributed by atoms with Crippen LogP contribution in [0, 0.1) is 0 Å². The number of aryl methyl sites for hydroxylation is 1. The van der Waals surface area contributed by atoms with Gasteiger partial charge in [0.2, 0.25) is 0 Å². The van der Waals surface area contributed by atoms with Gasteiger partial charge in [0.15, 0.2) is 0 Å². The fraction of sp³-hybridized carbons (Fsp3) is 0.278. The van der Waals surface area contributed by atoms with Gasteiger partial charge in [0.05, 0.1) is 17.4 Å². The molecular weight excluding hydrogens is 258 g/mol. The number of rotatable bonds is 6. The molecule has 1 aromatic heterocycles. The third-order valence-corrected chi connectivity index (χ3v) is 3.85. The van der Waals surface area contributed by atoms with Gasteiger partial charge in [-0.15, -0.1) is 0 Å². The summed E-state index contributed by atoms with van der Waals surface area (Å²) in [6, 6.07) is 19.2. The van der Waals surface area contributed by atoms with Crippen LogP contribution in [0.15, 0.2) is 60.9 Å². The van der Waals surface area contributed by atoms with Crippen molar-refractivity contribution < 1.29 is 0 Å². The minimum absolute atomic E-state index is 0.394. The predicted molar refractivity (Wildman–Crippen MR) is 87.2 cm³/mol. The number of nitrogens with one attached hydrogen (secondary N) is 1. The summed E-state index contributed by atoms with van der Waals surface area (Å²) in [5, 5.41) is 3.58. The Labute approximate surface area is 125 Å². The highest BCUT2D eigenvalue weighted by atomic mass is 15.0. The van der Waals surface area contributed by atoms with Crippen LogP contribution in [-0.4, -0.2) is 16.1 Å². The van der Waals surface area contributed by atoms with Crippen LogP contribution >= 0.6 is 0 Å². The van der Waals surface area contributed by atoms with Crippen LogP contribution in [0.1, 0.15) is 24.9 Å². The zero-order valence-corrected chi connectivity index (χ0v) is 12.4. The summed E-state index contributed by atoms with van der Waals surface area (Å²) in [5.41, 5.74) is 3.63. The molecule has 108 valence electrons. The van der Waals surface area contributed by atoms with Crippen molar-refractivity contribution in [3.8, 4) is 0 Å². The fourth-order valence-corrected chi connectivity index (χ4v) is 2.62. The smallest absolute Gasteiger partial charge is 0.0958 e. The van der Waals surface area contributed by atoms with E-state index in [2.05, 4.69) is 70.3 Å². The van der Waals surface area contributed by atoms with Crippen LogP contribution < -0.4 is 5.32 Å². The zero-order chi connectivity index (χ0) is 14.5. The van der Waals surface area contributed by atoms with Gasteiger partial charge in [-0.05, 0) is 37.6 Å². The summed E-state index contributed by atoms with van der Waals surface area (Å²) in [6.07, 6.45) is 3.03. The Kier molecular flexibility index (Phi) is 4.31. The average Bonchev–Trinajstić information content (AvgIpc) is 2.95. The van der Waals surface area contributed by atoms with Gasteiger partial charge in [-0.1, -0.05) is 42.5 Å². The fourth-order valence-electron chi connectivity index (χ4n) is 2.62. The largest absolute Gasteiger partial charge is 0.331 e. The number of imidazole rings is 1. The number of aromatic nitrogens is 2. The van der Waals surface area contributed by atoms with Crippen molar-refractivity contribution in [2.75, 3.05) is 6.54 Å². The van der Waals surface area contributed by atoms with Gasteiger partial charge in [-0.2, -0.15) is 0 Å². The van der Waals surface area contributed by atoms with Gasteiger partial charge in [-0.25, -0.2) is 4.98 Å². The molecule has 0 bridgehead atoms. The van der Waals surface area contributed by atoms with Crippen molar-refractivity contribution in [3.63, 3.8) is 0 Å². The molecule has 0 aliphatic heterocycles. The van der Waals surface area contributed by atoms with Crippen LogP contribution in [0.3, 0.4) is 0 Å². The van der Waals surface area contributed by atoms with E-state index < -0.39 is 0 Å². The Balaban J connectivity index is 1.50. The van der Waals surface area contributed by atoms with Gasteiger partial charge in [0.1, 0.15) is 0 Å². The van der Waals surface area contributed by atoms with E-state index in [1.807, 2.05) is 12.4 Å². The van der Waals surface area contributed by atoms with Crippen molar-refractivity contribution >= 4 is 11.0 Å². The first-order chi connectivity index (χ1) is 10.3. The first-order valence-electron chi connectivity index (χ1n) is 7.53. The molecular formula is C18H21N3. The maximum atomic E-state index is 4.42. The van der Waals surface area contributed by atoms with Crippen LogP contribution in [-0.2, 0) is 6.54 Å². The minimum Gasteiger partial charge on any atom is -0.331 e. The Hall–Kier alpha value is -2.13. The standard InChI is InChI=1S/C18H21N3/c1-15(16-8-3-2-4-9-16)19-12-7-13-21-14-20-17-10-5-6-11-18(17)21/h2-6,8-11,14-15,19H,7,12-13H2,1H3. The van der Waals surface area contributed by atoms with Crippen LogP contribution in [0.4, 0.5) is 0 Å². The molecule has 3 aromatic rings. The van der Waals surface area contributed by atoms with E-state index in [0.29, 0.717) is 6.04 Å². The Morgan fingerprint density at radius 1 is 1.05 bits per heavy atom. The molecule has 0 amide bonds. The number of hydrogen-bond donors (Lipinski definition) is 1. The molecule has 3 rings (SSSR count). The lowest BCUT2D eigenvalue weighted by Gasteiger charge is -2.14. The molecule has 0 radical (unpaired) electrons. The maximum absolute atomic E-state index is 4.42. The quantitative estimate of drug-likeness (QED) is 0.696. The Morgan fingerprint density at radius 3 is 2.67 bits per heavy atom. The van der Waals surface area contributed by atoms with Crippen molar-refractivity contribution in [1.29, 1.82) is 0 Å². The van der Waals surface area contributed by atoms with E-state index in [0.717, 1.165) is 25.0 Å². The first-order valence-corrected chi connectivity index (χ1v) is 7.53. The second-order valence-electron chi connectivity index (χ2n) is 5.37. The molecule has 3 heteroatoms. The highest BCUT2D eigenvalue weighted by Crippen LogP contribution is 2.13. The van der Waals surface area contributed by atoms with Crippen LogP contribution in [0.5, 0.6) is 0 Å². The molecule has 21 heavy (non-hydrogen) atoms. The molecule has 1 N–H and O–H groups in total. The summed E-state index contributed by atoms with van der Waals surface area (Å²) in [5.74, 6) is 0. The summed E-state index contributed by atoms with van der Waals surface area (Å²) in [4.78, 5) is 4.42. The number of benzene rings is 2. The molecule has 0 saturated carbocycles. The van der Waals surface area contributed by atoms with E-state index in [-0.39, 0.29) is 0 Å². The van der Waals surface area contributed by atoms with E-state index in [4.69, 9.17) is 0 Å². The lowest BCUT2D eigenvalue weighted by Crippen LogP contribution is -2.20. The van der Waals surface area contributed by atoms with Gasteiger partial charge in [-0.3, -0.25) is 0 Å². The Bertz CT molecular complexity index is 688. The summed E-state index contributed by atoms with van der Waals surface area (Å²) >= 11 is 0. The lowest BCUT2D eigenvalue weighted by molar-refractivity contribution is 0.530. The van der Waals surface area contributed by atoms with E-state index >= 15 is 0 Å². The minimum atomic E-state index is 0.394. The third kappa shape index (κ3) is 3.31. The summed E-state index contributed by atoms with van der Waals surface area (Å²) in [7, 11) is 0. The van der Waals surface area contributed by atoms with Crippen LogP contribution in [0.2, 0.25) is 0 Å². The third-order valence-electron chi connectivity index (χ3n) is 3.85. The predicted octanol–water partition coefficient (Wildman–Crippen LogP) is 3.78. The molecule has 0 fully saturated rings. The van der Waals surface area contributed by atoms with Gasteiger partial charge < -0.3 is 9.88 Å². The van der Waals surface area contributed by atoms with E-state index in [9.17, 15) is 0 Å². The van der Waals surface area contributed by atoms with Crippen molar-refractivity contribution in [1.82, 2.24) is 14.9 Å². The van der Waals surface area contributed by atoms with Gasteiger partial charge in [0.25, 0.3) is 0 Å². The topological polar surface area (TPSA) is 29.9 Å². The number of hydrogen-bond acceptors (Lipinski definition) is 2. The van der Waals surface area contributed by atoms with Crippen molar-refractivity contribution in [3.05, 3.63) is 66.5 Å². The molecule has 0 aliphatic rings. The van der Waals surface area contributed by atoms with E-state index in [1.165, 1.54) is 11.1 Å². The highest BCUT2D eigenvalue weighted by molar-refractivity contribution is 5.74. The maximum Gasteiger partial charge on any atom is 0.0958 e. The first kappa shape index (κ1) is 13.8. The van der Waals surface area contributed by atoms with Crippen molar-refractivity contribution in [2.24, 2.45) is 0 Å². The van der Waals surface area contributed by atoms with E-state index in [1.54, 1.807) is 0 Å². The zero-order valence-electron chi connectivity index (χ0n) is 12.4. The lowest BCUT2D eigenvalue weighted by atomic mass is 10.1. The monoisotopic (exact) mass is 279 g/mol. The second-order valence-corrected chi connectivity index (χ2v) is 5.37. The molecule has 2 aromatic carbocycles. The molecule has 1 unspecified atom stereocenters. The molecule has 1 atom stereocenters.